The van der Waals surface area contributed by atoms with Gasteiger partial charge in [-0.15, -0.1) is 0 Å². The molecule has 2 N–H and O–H groups in total. The smallest absolute Gasteiger partial charge is 0.318 e. The van der Waals surface area contributed by atoms with Crippen LogP contribution in [-0.2, 0) is 20.3 Å². The molecule has 0 aromatic rings. The summed E-state index contributed by atoms with van der Waals surface area (Å²) >= 11 is 0. The maximum absolute atomic E-state index is 11.2. The van der Waals surface area contributed by atoms with Crippen molar-refractivity contribution in [3.63, 3.8) is 0 Å². The Morgan fingerprint density at radius 3 is 2.73 bits per heavy atom. The van der Waals surface area contributed by atoms with Crippen LogP contribution >= 0.6 is 0 Å². The van der Waals surface area contributed by atoms with Crippen molar-refractivity contribution in [2.45, 2.75) is 25.9 Å². The van der Waals surface area contributed by atoms with E-state index in [0.717, 1.165) is 12.8 Å². The maximum Gasteiger partial charge on any atom is 0.318 e. The number of hydrogen-bond donors (Lipinski definition) is 2. The molecule has 0 aliphatic rings. The van der Waals surface area contributed by atoms with Crippen molar-refractivity contribution in [2.24, 2.45) is 0 Å². The van der Waals surface area contributed by atoms with Crippen LogP contribution in [0.3, 0.4) is 0 Å². The first-order valence-corrected chi connectivity index (χ1v) is 6.38. The van der Waals surface area contributed by atoms with Crippen LogP contribution in [0.1, 0.15) is 19.8 Å². The minimum absolute atomic E-state index is 0.0978. The average Bonchev–Trinajstić information content (AvgIpc) is 2.17. The SMILES string of the molecule is CCCCOC(=O)CS(=O)CC(O)CO. The number of esters is 1. The fraction of sp³-hybridized carbons (Fsp3) is 0.889. The van der Waals surface area contributed by atoms with Crippen molar-refractivity contribution in [2.75, 3.05) is 24.7 Å². The summed E-state index contributed by atoms with van der Waals surface area (Å²) in [7, 11) is -1.47. The molecule has 0 aromatic heterocycles. The number of carbonyl (C=O) groups excluding carboxylic acids is 1. The molecule has 0 aliphatic carbocycles. The van der Waals surface area contributed by atoms with E-state index < -0.39 is 29.5 Å². The van der Waals surface area contributed by atoms with Gasteiger partial charge in [0, 0.05) is 10.8 Å². The zero-order valence-electron chi connectivity index (χ0n) is 8.85. The lowest BCUT2D eigenvalue weighted by Gasteiger charge is -2.06. The first-order chi connectivity index (χ1) is 7.10. The molecule has 0 fully saturated rings. The van der Waals surface area contributed by atoms with E-state index in [1.807, 2.05) is 6.92 Å². The number of aliphatic hydroxyl groups is 2. The summed E-state index contributed by atoms with van der Waals surface area (Å²) in [5.74, 6) is -0.841. The second-order valence-corrected chi connectivity index (χ2v) is 4.66. The third kappa shape index (κ3) is 8.53. The van der Waals surface area contributed by atoms with Crippen molar-refractivity contribution in [1.82, 2.24) is 0 Å². The molecule has 0 rings (SSSR count). The van der Waals surface area contributed by atoms with Crippen LogP contribution < -0.4 is 0 Å². The minimum atomic E-state index is -1.47. The van der Waals surface area contributed by atoms with Gasteiger partial charge in [0.1, 0.15) is 5.75 Å². The number of rotatable bonds is 8. The lowest BCUT2D eigenvalue weighted by Crippen LogP contribution is -2.25. The van der Waals surface area contributed by atoms with Crippen LogP contribution in [0.5, 0.6) is 0 Å². The van der Waals surface area contributed by atoms with Crippen LogP contribution in [0.4, 0.5) is 0 Å². The highest BCUT2D eigenvalue weighted by Gasteiger charge is 2.13. The van der Waals surface area contributed by atoms with E-state index in [1.54, 1.807) is 0 Å². The Bertz CT molecular complexity index is 207. The molecule has 0 spiro atoms. The minimum Gasteiger partial charge on any atom is -0.465 e. The Morgan fingerprint density at radius 1 is 1.53 bits per heavy atom. The van der Waals surface area contributed by atoms with Crippen molar-refractivity contribution in [3.05, 3.63) is 0 Å². The quantitative estimate of drug-likeness (QED) is 0.437. The lowest BCUT2D eigenvalue weighted by atomic mass is 10.4. The molecule has 0 saturated heterocycles. The monoisotopic (exact) mass is 238 g/mol. The largest absolute Gasteiger partial charge is 0.465 e. The summed E-state index contributed by atoms with van der Waals surface area (Å²) < 4.78 is 16.0. The Labute approximate surface area is 91.9 Å². The van der Waals surface area contributed by atoms with Gasteiger partial charge in [-0.25, -0.2) is 0 Å². The molecular weight excluding hydrogens is 220 g/mol. The molecule has 0 aromatic carbocycles. The Kier molecular flexibility index (Phi) is 8.55. The van der Waals surface area contributed by atoms with Gasteiger partial charge in [0.05, 0.1) is 25.1 Å². The van der Waals surface area contributed by atoms with Gasteiger partial charge in [-0.2, -0.15) is 0 Å². The van der Waals surface area contributed by atoms with E-state index in [1.165, 1.54) is 0 Å². The van der Waals surface area contributed by atoms with Crippen LogP contribution in [-0.4, -0.2) is 51.2 Å². The van der Waals surface area contributed by atoms with Gasteiger partial charge in [0.25, 0.3) is 0 Å². The van der Waals surface area contributed by atoms with Gasteiger partial charge in [0.2, 0.25) is 0 Å². The number of carbonyl (C=O) groups is 1. The van der Waals surface area contributed by atoms with Crippen molar-refractivity contribution >= 4 is 16.8 Å². The van der Waals surface area contributed by atoms with Crippen LogP contribution in [0.15, 0.2) is 0 Å². The van der Waals surface area contributed by atoms with Crippen LogP contribution in [0.25, 0.3) is 0 Å². The highest BCUT2D eigenvalue weighted by Crippen LogP contribution is 1.93. The highest BCUT2D eigenvalue weighted by molar-refractivity contribution is 7.85. The van der Waals surface area contributed by atoms with E-state index in [2.05, 4.69) is 0 Å². The number of ether oxygens (including phenoxy) is 1. The number of aliphatic hydroxyl groups excluding tert-OH is 2. The molecule has 2 unspecified atom stereocenters. The first-order valence-electron chi connectivity index (χ1n) is 4.89. The Morgan fingerprint density at radius 2 is 2.20 bits per heavy atom. The Balaban J connectivity index is 3.62. The zero-order valence-corrected chi connectivity index (χ0v) is 9.66. The van der Waals surface area contributed by atoms with Gasteiger partial charge in [-0.3, -0.25) is 9.00 Å². The molecule has 6 heteroatoms. The third-order valence-corrected chi connectivity index (χ3v) is 2.94. The molecule has 2 atom stereocenters. The molecule has 0 aliphatic heterocycles. The standard InChI is InChI=1S/C9H18O5S/c1-2-3-4-14-9(12)7-15(13)6-8(11)5-10/h8,10-11H,2-7H2,1H3. The Hall–Kier alpha value is -0.460. The summed E-state index contributed by atoms with van der Waals surface area (Å²) in [5.41, 5.74) is 0. The molecular formula is C9H18O5S. The summed E-state index contributed by atoms with van der Waals surface area (Å²) in [5, 5.41) is 17.5. The van der Waals surface area contributed by atoms with Gasteiger partial charge in [-0.05, 0) is 6.42 Å². The topological polar surface area (TPSA) is 83.8 Å². The van der Waals surface area contributed by atoms with E-state index in [4.69, 9.17) is 14.9 Å². The van der Waals surface area contributed by atoms with Crippen molar-refractivity contribution < 1.29 is 24.0 Å². The van der Waals surface area contributed by atoms with Gasteiger partial charge in [0.15, 0.2) is 0 Å². The zero-order chi connectivity index (χ0) is 11.7. The fourth-order valence-electron chi connectivity index (χ4n) is 0.830. The van der Waals surface area contributed by atoms with Crippen LogP contribution in [0.2, 0.25) is 0 Å². The van der Waals surface area contributed by atoms with E-state index in [9.17, 15) is 9.00 Å². The number of hydrogen-bond acceptors (Lipinski definition) is 5. The molecule has 15 heavy (non-hydrogen) atoms. The molecule has 90 valence electrons. The molecule has 0 radical (unpaired) electrons. The van der Waals surface area contributed by atoms with E-state index in [0.29, 0.717) is 6.61 Å². The van der Waals surface area contributed by atoms with Gasteiger partial charge >= 0.3 is 5.97 Å². The first kappa shape index (κ1) is 14.5. The summed E-state index contributed by atoms with van der Waals surface area (Å²) in [6.07, 6.45) is 0.686. The summed E-state index contributed by atoms with van der Waals surface area (Å²) in [6.45, 7) is 1.87. The highest BCUT2D eigenvalue weighted by atomic mass is 32.2. The summed E-state index contributed by atoms with van der Waals surface area (Å²) in [4.78, 5) is 11.0. The van der Waals surface area contributed by atoms with Crippen molar-refractivity contribution in [3.8, 4) is 0 Å². The summed E-state index contributed by atoms with van der Waals surface area (Å²) in [6, 6.07) is 0. The number of unbranched alkanes of at least 4 members (excludes halogenated alkanes) is 1. The van der Waals surface area contributed by atoms with E-state index in [-0.39, 0.29) is 11.5 Å². The molecule has 0 saturated carbocycles. The fourth-order valence-corrected chi connectivity index (χ4v) is 1.83. The lowest BCUT2D eigenvalue weighted by molar-refractivity contribution is -0.140. The van der Waals surface area contributed by atoms with Gasteiger partial charge < -0.3 is 14.9 Å². The second kappa shape index (κ2) is 8.82. The average molecular weight is 238 g/mol. The molecule has 0 heterocycles. The normalized spacial score (nSPS) is 14.6. The predicted molar refractivity (Wildman–Crippen MR) is 56.8 cm³/mol. The molecule has 5 nitrogen and oxygen atoms in total. The maximum atomic E-state index is 11.2. The van der Waals surface area contributed by atoms with Crippen molar-refractivity contribution in [1.29, 1.82) is 0 Å². The molecule has 0 bridgehead atoms. The van der Waals surface area contributed by atoms with Crippen LogP contribution in [0, 0.1) is 0 Å². The van der Waals surface area contributed by atoms with Gasteiger partial charge in [-0.1, -0.05) is 13.3 Å². The third-order valence-electron chi connectivity index (χ3n) is 1.63. The molecule has 0 amide bonds. The second-order valence-electron chi connectivity index (χ2n) is 3.16. The van der Waals surface area contributed by atoms with E-state index >= 15 is 0 Å². The predicted octanol–water partition coefficient (Wildman–Crippen LogP) is -0.568.